The smallest absolute Gasteiger partial charge is 0.0595 e. The van der Waals surface area contributed by atoms with Crippen molar-refractivity contribution in [1.82, 2.24) is 4.90 Å². The Kier molecular flexibility index (Phi) is 8.61. The zero-order chi connectivity index (χ0) is 11.5. The predicted molar refractivity (Wildman–Crippen MR) is 83.4 cm³/mol. The highest BCUT2D eigenvalue weighted by Gasteiger charge is 2.16. The van der Waals surface area contributed by atoms with Crippen LogP contribution >= 0.6 is 48.0 Å². The molecule has 0 aliphatic carbocycles. The van der Waals surface area contributed by atoms with Crippen LogP contribution in [0.5, 0.6) is 0 Å². The molecule has 1 fully saturated rings. The molecule has 1 aliphatic heterocycles. The Hall–Kier alpha value is 0.300. The standard InChI is InChI=1S/C12H16Cl2N2.2ClH/c13-11-2-1-9(7-12(11)14)8-16-5-3-10(15)4-6-16;;/h1-2,7,10H,3-6,8,15H2;2*1H. The molecule has 2 N–H and O–H groups in total. The molecule has 0 radical (unpaired) electrons. The number of nitrogens with zero attached hydrogens (tertiary/aromatic N) is 1. The van der Waals surface area contributed by atoms with Crippen LogP contribution in [0.3, 0.4) is 0 Å². The van der Waals surface area contributed by atoms with Crippen molar-refractivity contribution in [3.63, 3.8) is 0 Å². The third kappa shape index (κ3) is 5.12. The van der Waals surface area contributed by atoms with Gasteiger partial charge in [-0.2, -0.15) is 0 Å². The van der Waals surface area contributed by atoms with E-state index in [4.69, 9.17) is 28.9 Å². The number of nitrogens with two attached hydrogens (primary N) is 1. The first-order chi connectivity index (χ1) is 7.65. The van der Waals surface area contributed by atoms with E-state index >= 15 is 0 Å². The molecule has 0 unspecified atom stereocenters. The van der Waals surface area contributed by atoms with Gasteiger partial charge in [0.05, 0.1) is 10.0 Å². The Balaban J connectivity index is 0.00000144. The van der Waals surface area contributed by atoms with Crippen molar-refractivity contribution >= 4 is 48.0 Å². The largest absolute Gasteiger partial charge is 0.328 e. The lowest BCUT2D eigenvalue weighted by molar-refractivity contribution is 0.205. The molecular weight excluding hydrogens is 314 g/mol. The summed E-state index contributed by atoms with van der Waals surface area (Å²) in [6.45, 7) is 3.08. The first-order valence-electron chi connectivity index (χ1n) is 5.57. The topological polar surface area (TPSA) is 29.3 Å². The van der Waals surface area contributed by atoms with Gasteiger partial charge in [-0.25, -0.2) is 0 Å². The van der Waals surface area contributed by atoms with Gasteiger partial charge in [0.25, 0.3) is 0 Å². The Morgan fingerprint density at radius 1 is 1.11 bits per heavy atom. The Morgan fingerprint density at radius 3 is 2.28 bits per heavy atom. The van der Waals surface area contributed by atoms with Crippen LogP contribution in [0.1, 0.15) is 18.4 Å². The van der Waals surface area contributed by atoms with E-state index in [2.05, 4.69) is 4.90 Å². The Morgan fingerprint density at radius 2 is 1.72 bits per heavy atom. The van der Waals surface area contributed by atoms with Crippen LogP contribution in [0.2, 0.25) is 10.0 Å². The molecule has 1 aliphatic rings. The summed E-state index contributed by atoms with van der Waals surface area (Å²) >= 11 is 11.9. The monoisotopic (exact) mass is 330 g/mol. The van der Waals surface area contributed by atoms with Crippen molar-refractivity contribution in [3.05, 3.63) is 33.8 Å². The molecule has 0 atom stereocenters. The fourth-order valence-electron chi connectivity index (χ4n) is 2.01. The maximum absolute atomic E-state index is 5.98. The number of benzene rings is 1. The number of halogens is 4. The van der Waals surface area contributed by atoms with E-state index in [0.29, 0.717) is 16.1 Å². The van der Waals surface area contributed by atoms with Gasteiger partial charge < -0.3 is 5.73 Å². The quantitative estimate of drug-likeness (QED) is 0.894. The maximum atomic E-state index is 5.98. The Labute approximate surface area is 131 Å². The molecule has 2 rings (SSSR count). The number of piperidine rings is 1. The lowest BCUT2D eigenvalue weighted by Gasteiger charge is -2.30. The molecule has 1 aromatic carbocycles. The Bertz CT molecular complexity index is 365. The second-order valence-corrected chi connectivity index (χ2v) is 5.18. The molecule has 104 valence electrons. The van der Waals surface area contributed by atoms with Gasteiger partial charge >= 0.3 is 0 Å². The molecule has 1 aromatic rings. The normalized spacial score (nSPS) is 16.8. The second kappa shape index (κ2) is 8.47. The molecule has 1 heterocycles. The van der Waals surface area contributed by atoms with Gasteiger partial charge in [-0.05, 0) is 43.6 Å². The highest BCUT2D eigenvalue weighted by Crippen LogP contribution is 2.23. The summed E-state index contributed by atoms with van der Waals surface area (Å²) in [6, 6.07) is 6.21. The van der Waals surface area contributed by atoms with Gasteiger partial charge in [0.1, 0.15) is 0 Å². The van der Waals surface area contributed by atoms with E-state index in [1.807, 2.05) is 18.2 Å². The van der Waals surface area contributed by atoms with Crippen molar-refractivity contribution in [2.24, 2.45) is 5.73 Å². The summed E-state index contributed by atoms with van der Waals surface area (Å²) in [5.41, 5.74) is 7.08. The minimum Gasteiger partial charge on any atom is -0.328 e. The lowest BCUT2D eigenvalue weighted by atomic mass is 10.1. The zero-order valence-electron chi connectivity index (χ0n) is 9.94. The minimum atomic E-state index is 0. The van der Waals surface area contributed by atoms with E-state index in [1.165, 1.54) is 5.56 Å². The molecule has 0 amide bonds. The van der Waals surface area contributed by atoms with Crippen LogP contribution in [0.15, 0.2) is 18.2 Å². The fraction of sp³-hybridized carbons (Fsp3) is 0.500. The third-order valence-corrected chi connectivity index (χ3v) is 3.76. The van der Waals surface area contributed by atoms with Crippen LogP contribution in [0, 0.1) is 0 Å². The molecule has 2 nitrogen and oxygen atoms in total. The van der Waals surface area contributed by atoms with Crippen molar-refractivity contribution < 1.29 is 0 Å². The molecule has 0 aromatic heterocycles. The fourth-order valence-corrected chi connectivity index (χ4v) is 2.33. The molecule has 0 saturated carbocycles. The van der Waals surface area contributed by atoms with E-state index in [0.717, 1.165) is 32.5 Å². The third-order valence-electron chi connectivity index (χ3n) is 3.02. The van der Waals surface area contributed by atoms with Crippen LogP contribution in [0.4, 0.5) is 0 Å². The van der Waals surface area contributed by atoms with Gasteiger partial charge in [-0.3, -0.25) is 4.90 Å². The highest BCUT2D eigenvalue weighted by atomic mass is 35.5. The van der Waals surface area contributed by atoms with Crippen LogP contribution in [-0.4, -0.2) is 24.0 Å². The average Bonchev–Trinajstić information content (AvgIpc) is 2.27. The first-order valence-corrected chi connectivity index (χ1v) is 6.32. The van der Waals surface area contributed by atoms with E-state index < -0.39 is 0 Å². The summed E-state index contributed by atoms with van der Waals surface area (Å²) < 4.78 is 0. The van der Waals surface area contributed by atoms with Gasteiger partial charge in [-0.15, -0.1) is 24.8 Å². The lowest BCUT2D eigenvalue weighted by Crippen LogP contribution is -2.39. The molecule has 0 spiro atoms. The summed E-state index contributed by atoms with van der Waals surface area (Å²) in [7, 11) is 0. The minimum absolute atomic E-state index is 0. The summed E-state index contributed by atoms with van der Waals surface area (Å²) in [6.07, 6.45) is 2.17. The van der Waals surface area contributed by atoms with Crippen molar-refractivity contribution in [3.8, 4) is 0 Å². The number of hydrogen-bond donors (Lipinski definition) is 1. The van der Waals surface area contributed by atoms with Crippen LogP contribution in [0.25, 0.3) is 0 Å². The highest BCUT2D eigenvalue weighted by molar-refractivity contribution is 6.42. The van der Waals surface area contributed by atoms with E-state index in [1.54, 1.807) is 0 Å². The summed E-state index contributed by atoms with van der Waals surface area (Å²) in [5.74, 6) is 0. The second-order valence-electron chi connectivity index (χ2n) is 4.36. The molecule has 18 heavy (non-hydrogen) atoms. The summed E-state index contributed by atoms with van der Waals surface area (Å²) in [5, 5.41) is 1.25. The van der Waals surface area contributed by atoms with Crippen molar-refractivity contribution in [1.29, 1.82) is 0 Å². The van der Waals surface area contributed by atoms with Crippen molar-refractivity contribution in [2.45, 2.75) is 25.4 Å². The first kappa shape index (κ1) is 18.3. The predicted octanol–water partition coefficient (Wildman–Crippen LogP) is 3.76. The molecule has 1 saturated heterocycles. The zero-order valence-corrected chi connectivity index (χ0v) is 13.1. The van der Waals surface area contributed by atoms with Gasteiger partial charge in [0.2, 0.25) is 0 Å². The SMILES string of the molecule is Cl.Cl.NC1CCN(Cc2ccc(Cl)c(Cl)c2)CC1. The average molecular weight is 332 g/mol. The summed E-state index contributed by atoms with van der Waals surface area (Å²) in [4.78, 5) is 2.41. The van der Waals surface area contributed by atoms with Crippen LogP contribution < -0.4 is 5.73 Å². The van der Waals surface area contributed by atoms with Gasteiger partial charge in [-0.1, -0.05) is 29.3 Å². The molecule has 0 bridgehead atoms. The number of rotatable bonds is 2. The molecule has 6 heteroatoms. The van der Waals surface area contributed by atoms with Crippen molar-refractivity contribution in [2.75, 3.05) is 13.1 Å². The van der Waals surface area contributed by atoms with Gasteiger partial charge in [0, 0.05) is 12.6 Å². The van der Waals surface area contributed by atoms with Gasteiger partial charge in [0.15, 0.2) is 0 Å². The maximum Gasteiger partial charge on any atom is 0.0595 e. The number of likely N-dealkylation sites (tertiary alicyclic amines) is 1. The molecular formula is C12H18Cl4N2. The van der Waals surface area contributed by atoms with E-state index in [-0.39, 0.29) is 24.8 Å². The van der Waals surface area contributed by atoms with E-state index in [9.17, 15) is 0 Å². The number of hydrogen-bond acceptors (Lipinski definition) is 2. The van der Waals surface area contributed by atoms with Crippen LogP contribution in [-0.2, 0) is 6.54 Å².